The molecule has 0 aliphatic rings. The third-order valence-corrected chi connectivity index (χ3v) is 3.97. The van der Waals surface area contributed by atoms with Crippen LogP contribution in [0.5, 0.6) is 23.0 Å². The number of hydrogen-bond acceptors (Lipinski definition) is 7. The number of nitrogens with zero attached hydrogens (tertiary/aromatic N) is 1. The summed E-state index contributed by atoms with van der Waals surface area (Å²) in [7, 11) is 0. The summed E-state index contributed by atoms with van der Waals surface area (Å²) in [6.45, 7) is 1.24. The molecule has 6 N–H and O–H groups in total. The second kappa shape index (κ2) is 7.39. The first kappa shape index (κ1) is 17.9. The number of aliphatic hydroxyl groups is 1. The second-order valence-electron chi connectivity index (χ2n) is 5.65. The van der Waals surface area contributed by atoms with Crippen LogP contribution in [-0.2, 0) is 6.42 Å². The van der Waals surface area contributed by atoms with Gasteiger partial charge in [0.05, 0.1) is 18.7 Å². The van der Waals surface area contributed by atoms with Gasteiger partial charge in [0.15, 0.2) is 0 Å². The molecular formula is C17H21NO6. The predicted molar refractivity (Wildman–Crippen MR) is 86.2 cm³/mol. The number of hydroxylamine groups is 2. The van der Waals surface area contributed by atoms with Crippen LogP contribution in [-0.4, -0.2) is 48.5 Å². The van der Waals surface area contributed by atoms with E-state index in [0.29, 0.717) is 11.1 Å². The van der Waals surface area contributed by atoms with Gasteiger partial charge in [0.2, 0.25) is 0 Å². The fraction of sp³-hybridized carbons (Fsp3) is 0.294. The molecule has 2 aromatic rings. The highest BCUT2D eigenvalue weighted by Gasteiger charge is 2.25. The van der Waals surface area contributed by atoms with Crippen molar-refractivity contribution in [1.29, 1.82) is 0 Å². The van der Waals surface area contributed by atoms with E-state index in [4.69, 9.17) is 0 Å². The van der Waals surface area contributed by atoms with Crippen LogP contribution in [0.15, 0.2) is 36.4 Å². The molecule has 130 valence electrons. The van der Waals surface area contributed by atoms with Crippen molar-refractivity contribution in [2.45, 2.75) is 25.4 Å². The molecule has 2 aromatic carbocycles. The number of phenolic OH excluding ortho intramolecular Hbond substituents is 4. The molecule has 7 heteroatoms. The quantitative estimate of drug-likeness (QED) is 0.445. The van der Waals surface area contributed by atoms with E-state index < -0.39 is 12.1 Å². The van der Waals surface area contributed by atoms with Crippen molar-refractivity contribution in [3.05, 3.63) is 47.5 Å². The summed E-state index contributed by atoms with van der Waals surface area (Å²) in [5.41, 5.74) is 0.830. The third-order valence-electron chi connectivity index (χ3n) is 3.97. The predicted octanol–water partition coefficient (Wildman–Crippen LogP) is 1.86. The molecule has 24 heavy (non-hydrogen) atoms. The molecule has 0 bridgehead atoms. The number of aliphatic hydroxyl groups excluding tert-OH is 1. The minimum atomic E-state index is -0.747. The molecule has 0 aliphatic heterocycles. The molecule has 0 spiro atoms. The Bertz CT molecular complexity index is 705. The molecule has 0 aliphatic carbocycles. The van der Waals surface area contributed by atoms with Gasteiger partial charge in [-0.1, -0.05) is 6.07 Å². The lowest BCUT2D eigenvalue weighted by molar-refractivity contribution is -0.166. The number of benzene rings is 2. The topological polar surface area (TPSA) is 125 Å². The Kier molecular flexibility index (Phi) is 5.50. The Hall–Kier alpha value is -2.48. The lowest BCUT2D eigenvalue weighted by atomic mass is 10.0. The van der Waals surface area contributed by atoms with Crippen LogP contribution >= 0.6 is 0 Å². The van der Waals surface area contributed by atoms with Crippen molar-refractivity contribution in [3.8, 4) is 23.0 Å². The van der Waals surface area contributed by atoms with E-state index >= 15 is 0 Å². The highest BCUT2D eigenvalue weighted by atomic mass is 16.5. The smallest absolute Gasteiger partial charge is 0.124 e. The van der Waals surface area contributed by atoms with Crippen molar-refractivity contribution in [2.75, 3.05) is 6.61 Å². The summed E-state index contributed by atoms with van der Waals surface area (Å²) in [5.74, 6) is -0.492. The maximum atomic E-state index is 10.4. The Morgan fingerprint density at radius 3 is 2.04 bits per heavy atom. The van der Waals surface area contributed by atoms with Gasteiger partial charge in [0.25, 0.3) is 0 Å². The molecule has 0 saturated heterocycles. The Balaban J connectivity index is 2.19. The normalized spacial score (nSPS) is 13.8. The van der Waals surface area contributed by atoms with Gasteiger partial charge < -0.3 is 30.7 Å². The van der Waals surface area contributed by atoms with Gasteiger partial charge in [-0.25, -0.2) is 0 Å². The summed E-state index contributed by atoms with van der Waals surface area (Å²) in [5, 5.41) is 59.3. The average Bonchev–Trinajstić information content (AvgIpc) is 2.53. The largest absolute Gasteiger partial charge is 0.508 e. The Morgan fingerprint density at radius 1 is 0.917 bits per heavy atom. The standard InChI is InChI=1S/C17H21NO6/c1-10(15-5-4-14(21)8-17(15)23)18(24)12(9-19)6-11-2-3-13(20)7-16(11)22/h2-5,7-8,10,12,19-24H,6,9H2,1H3. The van der Waals surface area contributed by atoms with Crippen molar-refractivity contribution < 1.29 is 30.7 Å². The van der Waals surface area contributed by atoms with Gasteiger partial charge in [0, 0.05) is 17.7 Å². The monoisotopic (exact) mass is 335 g/mol. The molecular weight excluding hydrogens is 314 g/mol. The summed E-state index contributed by atoms with van der Waals surface area (Å²) < 4.78 is 0. The van der Waals surface area contributed by atoms with E-state index in [-0.39, 0.29) is 36.0 Å². The number of phenols is 4. The van der Waals surface area contributed by atoms with E-state index in [9.17, 15) is 30.7 Å². The van der Waals surface area contributed by atoms with Crippen molar-refractivity contribution in [2.24, 2.45) is 0 Å². The number of aromatic hydroxyl groups is 4. The first-order chi connectivity index (χ1) is 11.3. The van der Waals surface area contributed by atoms with Gasteiger partial charge >= 0.3 is 0 Å². The maximum Gasteiger partial charge on any atom is 0.124 e. The van der Waals surface area contributed by atoms with Crippen LogP contribution in [0.2, 0.25) is 0 Å². The zero-order valence-corrected chi connectivity index (χ0v) is 13.2. The molecule has 2 rings (SSSR count). The van der Waals surface area contributed by atoms with Crippen molar-refractivity contribution >= 4 is 0 Å². The molecule has 0 saturated carbocycles. The Morgan fingerprint density at radius 2 is 1.50 bits per heavy atom. The van der Waals surface area contributed by atoms with E-state index in [1.165, 1.54) is 36.4 Å². The van der Waals surface area contributed by atoms with Gasteiger partial charge in [-0.2, -0.15) is 5.06 Å². The van der Waals surface area contributed by atoms with Gasteiger partial charge in [-0.15, -0.1) is 0 Å². The molecule has 2 atom stereocenters. The molecule has 0 aromatic heterocycles. The van der Waals surface area contributed by atoms with Crippen LogP contribution in [0.3, 0.4) is 0 Å². The first-order valence-corrected chi connectivity index (χ1v) is 7.44. The minimum Gasteiger partial charge on any atom is -0.508 e. The fourth-order valence-electron chi connectivity index (χ4n) is 2.56. The second-order valence-corrected chi connectivity index (χ2v) is 5.65. The van der Waals surface area contributed by atoms with Crippen LogP contribution in [0.4, 0.5) is 0 Å². The van der Waals surface area contributed by atoms with Crippen LogP contribution < -0.4 is 0 Å². The van der Waals surface area contributed by atoms with Crippen molar-refractivity contribution in [1.82, 2.24) is 5.06 Å². The summed E-state index contributed by atoms with van der Waals surface area (Å²) in [6, 6.07) is 6.71. The summed E-state index contributed by atoms with van der Waals surface area (Å²) in [6.07, 6.45) is 0.127. The number of hydrogen-bond donors (Lipinski definition) is 6. The summed E-state index contributed by atoms with van der Waals surface area (Å²) >= 11 is 0. The lowest BCUT2D eigenvalue weighted by Gasteiger charge is -2.30. The highest BCUT2D eigenvalue weighted by molar-refractivity contribution is 5.41. The van der Waals surface area contributed by atoms with Crippen LogP contribution in [0.25, 0.3) is 0 Å². The first-order valence-electron chi connectivity index (χ1n) is 7.44. The average molecular weight is 335 g/mol. The van der Waals surface area contributed by atoms with E-state index in [1.807, 2.05) is 0 Å². The third kappa shape index (κ3) is 3.88. The molecule has 7 nitrogen and oxygen atoms in total. The maximum absolute atomic E-state index is 10.4. The molecule has 0 fully saturated rings. The molecule has 0 radical (unpaired) electrons. The fourth-order valence-corrected chi connectivity index (χ4v) is 2.56. The molecule has 0 amide bonds. The van der Waals surface area contributed by atoms with Crippen LogP contribution in [0, 0.1) is 0 Å². The lowest BCUT2D eigenvalue weighted by Crippen LogP contribution is -2.38. The van der Waals surface area contributed by atoms with Gasteiger partial charge in [-0.3, -0.25) is 0 Å². The van der Waals surface area contributed by atoms with E-state index in [2.05, 4.69) is 0 Å². The SMILES string of the molecule is CC(c1ccc(O)cc1O)N(O)C(CO)Cc1ccc(O)cc1O. The van der Waals surface area contributed by atoms with Crippen LogP contribution in [0.1, 0.15) is 24.1 Å². The van der Waals surface area contributed by atoms with E-state index in [0.717, 1.165) is 5.06 Å². The summed E-state index contributed by atoms with van der Waals surface area (Å²) in [4.78, 5) is 0. The van der Waals surface area contributed by atoms with Crippen molar-refractivity contribution in [3.63, 3.8) is 0 Å². The molecule has 0 heterocycles. The zero-order chi connectivity index (χ0) is 17.9. The molecule has 2 unspecified atom stereocenters. The minimum absolute atomic E-state index is 0.0833. The van der Waals surface area contributed by atoms with E-state index in [1.54, 1.807) is 6.92 Å². The Labute approximate surface area is 139 Å². The van der Waals surface area contributed by atoms with Gasteiger partial charge in [-0.05, 0) is 37.1 Å². The zero-order valence-electron chi connectivity index (χ0n) is 13.2. The van der Waals surface area contributed by atoms with Gasteiger partial charge in [0.1, 0.15) is 23.0 Å². The highest BCUT2D eigenvalue weighted by Crippen LogP contribution is 2.32. The number of rotatable bonds is 6.